The number of hydrogen-bond acceptors (Lipinski definition) is 4. The standard InChI is InChI=1S/C19H18F3N5O/c20-19(21,22)14-3-1-13(2-4-14)18(28)25-15-7-11-26(12-8-15)17-6-9-23-16-5-10-24-27(16)17/h1-6,9-10,15H,7-8,11-12H2,(H,25,28). The Morgan fingerprint density at radius 1 is 1.04 bits per heavy atom. The van der Waals surface area contributed by atoms with Gasteiger partial charge < -0.3 is 10.2 Å². The molecule has 3 heterocycles. The van der Waals surface area contributed by atoms with Gasteiger partial charge in [0.2, 0.25) is 0 Å². The monoisotopic (exact) mass is 389 g/mol. The summed E-state index contributed by atoms with van der Waals surface area (Å²) in [4.78, 5) is 18.8. The maximum Gasteiger partial charge on any atom is 0.416 e. The van der Waals surface area contributed by atoms with E-state index in [0.717, 1.165) is 49.5 Å². The maximum absolute atomic E-state index is 12.6. The first-order chi connectivity index (χ1) is 13.4. The van der Waals surface area contributed by atoms with Crippen LogP contribution in [0.25, 0.3) is 5.65 Å². The van der Waals surface area contributed by atoms with Crippen LogP contribution in [0.4, 0.5) is 19.0 Å². The fraction of sp³-hybridized carbons (Fsp3) is 0.316. The van der Waals surface area contributed by atoms with Crippen LogP contribution in [-0.4, -0.2) is 39.6 Å². The van der Waals surface area contributed by atoms with E-state index in [1.54, 1.807) is 16.9 Å². The first-order valence-corrected chi connectivity index (χ1v) is 8.93. The first kappa shape index (κ1) is 18.3. The molecule has 1 saturated heterocycles. The van der Waals surface area contributed by atoms with Gasteiger partial charge in [0.05, 0.1) is 11.8 Å². The quantitative estimate of drug-likeness (QED) is 0.748. The van der Waals surface area contributed by atoms with Crippen LogP contribution >= 0.6 is 0 Å². The number of rotatable bonds is 3. The molecule has 0 unspecified atom stereocenters. The SMILES string of the molecule is O=C(NC1CCN(c2ccnc3ccnn23)CC1)c1ccc(C(F)(F)F)cc1. The van der Waals surface area contributed by atoms with Crippen LogP contribution in [0.3, 0.4) is 0 Å². The van der Waals surface area contributed by atoms with Crippen LogP contribution in [0.15, 0.2) is 48.8 Å². The Morgan fingerprint density at radius 3 is 2.43 bits per heavy atom. The molecule has 1 aliphatic heterocycles. The number of nitrogens with one attached hydrogen (secondary N) is 1. The molecule has 28 heavy (non-hydrogen) atoms. The van der Waals surface area contributed by atoms with Gasteiger partial charge in [-0.3, -0.25) is 4.79 Å². The Hall–Kier alpha value is -3.10. The van der Waals surface area contributed by atoms with Gasteiger partial charge in [0.15, 0.2) is 5.65 Å². The third-order valence-electron chi connectivity index (χ3n) is 4.90. The summed E-state index contributed by atoms with van der Waals surface area (Å²) in [7, 11) is 0. The molecule has 0 radical (unpaired) electrons. The van der Waals surface area contributed by atoms with Crippen molar-refractivity contribution in [2.75, 3.05) is 18.0 Å². The summed E-state index contributed by atoms with van der Waals surface area (Å²) in [6.07, 6.45) is 0.497. The summed E-state index contributed by atoms with van der Waals surface area (Å²) < 4.78 is 39.7. The number of nitrogens with zero attached hydrogens (tertiary/aromatic N) is 4. The molecule has 2 aromatic heterocycles. The van der Waals surface area contributed by atoms with Gasteiger partial charge in [0, 0.05) is 37.0 Å². The highest BCUT2D eigenvalue weighted by Gasteiger charge is 2.30. The normalized spacial score (nSPS) is 15.8. The summed E-state index contributed by atoms with van der Waals surface area (Å²) in [5, 5.41) is 7.20. The van der Waals surface area contributed by atoms with Crippen LogP contribution in [0.1, 0.15) is 28.8 Å². The predicted molar refractivity (Wildman–Crippen MR) is 97.1 cm³/mol. The molecule has 0 bridgehead atoms. The van der Waals surface area contributed by atoms with E-state index < -0.39 is 11.7 Å². The van der Waals surface area contributed by atoms with Crippen molar-refractivity contribution < 1.29 is 18.0 Å². The molecular weight excluding hydrogens is 371 g/mol. The molecule has 1 N–H and O–H groups in total. The largest absolute Gasteiger partial charge is 0.416 e. The molecule has 6 nitrogen and oxygen atoms in total. The zero-order valence-corrected chi connectivity index (χ0v) is 14.9. The van der Waals surface area contributed by atoms with Crippen molar-refractivity contribution in [3.63, 3.8) is 0 Å². The first-order valence-electron chi connectivity index (χ1n) is 8.93. The molecule has 0 spiro atoms. The van der Waals surface area contributed by atoms with Crippen LogP contribution in [0.2, 0.25) is 0 Å². The molecule has 1 fully saturated rings. The van der Waals surface area contributed by atoms with E-state index in [-0.39, 0.29) is 17.5 Å². The van der Waals surface area contributed by atoms with Crippen molar-refractivity contribution in [2.24, 2.45) is 0 Å². The van der Waals surface area contributed by atoms with Gasteiger partial charge in [-0.05, 0) is 43.2 Å². The lowest BCUT2D eigenvalue weighted by Crippen LogP contribution is -2.45. The summed E-state index contributed by atoms with van der Waals surface area (Å²) in [5.74, 6) is 0.591. The average Bonchev–Trinajstić information content (AvgIpc) is 3.17. The second kappa shape index (κ2) is 7.14. The third-order valence-corrected chi connectivity index (χ3v) is 4.90. The minimum absolute atomic E-state index is 0.0269. The van der Waals surface area contributed by atoms with Gasteiger partial charge in [-0.25, -0.2) is 4.98 Å². The van der Waals surface area contributed by atoms with Crippen molar-refractivity contribution in [3.8, 4) is 0 Å². The molecule has 1 amide bonds. The Balaban J connectivity index is 1.36. The highest BCUT2D eigenvalue weighted by molar-refractivity contribution is 5.94. The van der Waals surface area contributed by atoms with Crippen molar-refractivity contribution in [1.82, 2.24) is 19.9 Å². The molecule has 1 aromatic carbocycles. The number of anilines is 1. The van der Waals surface area contributed by atoms with Gasteiger partial charge in [-0.1, -0.05) is 0 Å². The Morgan fingerprint density at radius 2 is 1.75 bits per heavy atom. The number of fused-ring (bicyclic) bond motifs is 1. The number of amides is 1. The second-order valence-corrected chi connectivity index (χ2v) is 6.71. The van der Waals surface area contributed by atoms with Crippen LogP contribution < -0.4 is 10.2 Å². The predicted octanol–water partition coefficient (Wildman–Crippen LogP) is 3.15. The van der Waals surface area contributed by atoms with E-state index >= 15 is 0 Å². The maximum atomic E-state index is 12.6. The summed E-state index contributed by atoms with van der Waals surface area (Å²) in [5.41, 5.74) is 0.234. The Kier molecular flexibility index (Phi) is 4.66. The number of piperidine rings is 1. The lowest BCUT2D eigenvalue weighted by atomic mass is 10.0. The summed E-state index contributed by atoms with van der Waals surface area (Å²) >= 11 is 0. The van der Waals surface area contributed by atoms with Crippen LogP contribution in [0, 0.1) is 0 Å². The highest BCUT2D eigenvalue weighted by Crippen LogP contribution is 2.29. The Bertz CT molecular complexity index is 975. The van der Waals surface area contributed by atoms with E-state index in [1.807, 2.05) is 12.1 Å². The average molecular weight is 389 g/mol. The smallest absolute Gasteiger partial charge is 0.356 e. The number of alkyl halides is 3. The van der Waals surface area contributed by atoms with Gasteiger partial charge in [0.25, 0.3) is 5.91 Å². The summed E-state index contributed by atoms with van der Waals surface area (Å²) in [6.45, 7) is 1.47. The minimum Gasteiger partial charge on any atom is -0.356 e. The van der Waals surface area contributed by atoms with Crippen molar-refractivity contribution in [3.05, 3.63) is 59.9 Å². The minimum atomic E-state index is -4.41. The molecule has 146 valence electrons. The van der Waals surface area contributed by atoms with Crippen molar-refractivity contribution >= 4 is 17.4 Å². The topological polar surface area (TPSA) is 62.5 Å². The zero-order chi connectivity index (χ0) is 19.7. The third kappa shape index (κ3) is 3.64. The number of benzene rings is 1. The molecule has 0 aliphatic carbocycles. The van der Waals surface area contributed by atoms with Gasteiger partial charge in [-0.15, -0.1) is 0 Å². The fourth-order valence-corrected chi connectivity index (χ4v) is 3.39. The van der Waals surface area contributed by atoms with E-state index in [2.05, 4.69) is 20.3 Å². The molecular formula is C19H18F3N5O. The molecule has 1 aliphatic rings. The van der Waals surface area contributed by atoms with E-state index in [4.69, 9.17) is 0 Å². The van der Waals surface area contributed by atoms with E-state index in [0.29, 0.717) is 0 Å². The van der Waals surface area contributed by atoms with Gasteiger partial charge in [0.1, 0.15) is 5.82 Å². The van der Waals surface area contributed by atoms with Gasteiger partial charge >= 0.3 is 6.18 Å². The highest BCUT2D eigenvalue weighted by atomic mass is 19.4. The lowest BCUT2D eigenvalue weighted by molar-refractivity contribution is -0.137. The fourth-order valence-electron chi connectivity index (χ4n) is 3.39. The second-order valence-electron chi connectivity index (χ2n) is 6.71. The van der Waals surface area contributed by atoms with Crippen molar-refractivity contribution in [1.29, 1.82) is 0 Å². The van der Waals surface area contributed by atoms with Crippen LogP contribution in [-0.2, 0) is 6.18 Å². The molecule has 9 heteroatoms. The number of carbonyl (C=O) groups is 1. The Labute approximate surface area is 159 Å². The number of halogens is 3. The zero-order valence-electron chi connectivity index (χ0n) is 14.9. The van der Waals surface area contributed by atoms with Crippen LogP contribution in [0.5, 0.6) is 0 Å². The molecule has 0 atom stereocenters. The summed E-state index contributed by atoms with van der Waals surface area (Å²) in [6, 6.07) is 7.98. The molecule has 4 rings (SSSR count). The molecule has 0 saturated carbocycles. The van der Waals surface area contributed by atoms with E-state index in [1.165, 1.54) is 12.1 Å². The number of aromatic nitrogens is 3. The number of carbonyl (C=O) groups excluding carboxylic acids is 1. The van der Waals surface area contributed by atoms with E-state index in [9.17, 15) is 18.0 Å². The lowest BCUT2D eigenvalue weighted by Gasteiger charge is -2.33. The van der Waals surface area contributed by atoms with Crippen molar-refractivity contribution in [2.45, 2.75) is 25.1 Å². The van der Waals surface area contributed by atoms with Gasteiger partial charge in [-0.2, -0.15) is 22.8 Å². The number of hydrogen-bond donors (Lipinski definition) is 1. The molecule has 3 aromatic rings.